The predicted octanol–water partition coefficient (Wildman–Crippen LogP) is 2.95. The Morgan fingerprint density at radius 2 is 1.86 bits per heavy atom. The van der Waals surface area contributed by atoms with Crippen molar-refractivity contribution in [2.24, 2.45) is 0 Å². The molecule has 1 saturated heterocycles. The maximum atomic E-state index is 12.1. The van der Waals surface area contributed by atoms with E-state index in [9.17, 15) is 4.79 Å². The van der Waals surface area contributed by atoms with Crippen LogP contribution in [-0.2, 0) is 0 Å². The van der Waals surface area contributed by atoms with E-state index in [2.05, 4.69) is 5.32 Å². The second-order valence-electron chi connectivity index (χ2n) is 5.34. The van der Waals surface area contributed by atoms with E-state index < -0.39 is 0 Å². The molecule has 5 nitrogen and oxygen atoms in total. The molecule has 0 aliphatic carbocycles. The third-order valence-corrected chi connectivity index (χ3v) is 3.72. The zero-order valence-electron chi connectivity index (χ0n) is 12.2. The molecule has 114 valence electrons. The van der Waals surface area contributed by atoms with E-state index in [1.54, 1.807) is 17.0 Å². The van der Waals surface area contributed by atoms with Crippen molar-refractivity contribution in [3.8, 4) is 5.75 Å². The summed E-state index contributed by atoms with van der Waals surface area (Å²) in [7, 11) is 0. The third kappa shape index (κ3) is 3.31. The number of rotatable bonds is 3. The van der Waals surface area contributed by atoms with Gasteiger partial charge >= 0.3 is 6.09 Å². The first-order valence-electron chi connectivity index (χ1n) is 7.35. The van der Waals surface area contributed by atoms with Gasteiger partial charge in [0.2, 0.25) is 0 Å². The summed E-state index contributed by atoms with van der Waals surface area (Å²) in [5, 5.41) is 3.38. The minimum Gasteiger partial charge on any atom is -0.410 e. The topological polar surface area (TPSA) is 67.6 Å². The summed E-state index contributed by atoms with van der Waals surface area (Å²) in [6.45, 7) is 1.29. The molecule has 3 N–H and O–H groups in total. The van der Waals surface area contributed by atoms with Crippen LogP contribution in [0.15, 0.2) is 54.6 Å². The first-order chi connectivity index (χ1) is 10.7. The van der Waals surface area contributed by atoms with Gasteiger partial charge in [-0.25, -0.2) is 4.79 Å². The number of hydrogen-bond acceptors (Lipinski definition) is 4. The highest BCUT2D eigenvalue weighted by atomic mass is 16.6. The van der Waals surface area contributed by atoms with Crippen LogP contribution < -0.4 is 15.8 Å². The summed E-state index contributed by atoms with van der Waals surface area (Å²) >= 11 is 0. The predicted molar refractivity (Wildman–Crippen MR) is 86.9 cm³/mol. The standard InChI is InChI=1S/C17H19N3O2/c18-15-8-4-5-9-16(15)19-13-10-11-20(12-13)17(21)22-14-6-2-1-3-7-14/h1-9,13,19H,10-12,18H2. The van der Waals surface area contributed by atoms with Crippen LogP contribution in [0.3, 0.4) is 0 Å². The molecule has 1 heterocycles. The summed E-state index contributed by atoms with van der Waals surface area (Å²) in [6, 6.07) is 16.9. The van der Waals surface area contributed by atoms with Crippen molar-refractivity contribution in [3.05, 3.63) is 54.6 Å². The molecule has 1 unspecified atom stereocenters. The van der Waals surface area contributed by atoms with Crippen molar-refractivity contribution in [1.29, 1.82) is 0 Å². The highest BCUT2D eigenvalue weighted by Crippen LogP contribution is 2.22. The molecule has 0 saturated carbocycles. The fourth-order valence-electron chi connectivity index (χ4n) is 2.55. The van der Waals surface area contributed by atoms with E-state index in [1.165, 1.54) is 0 Å². The number of anilines is 2. The van der Waals surface area contributed by atoms with Crippen LogP contribution in [0.4, 0.5) is 16.2 Å². The average molecular weight is 297 g/mol. The number of para-hydroxylation sites is 3. The van der Waals surface area contributed by atoms with Crippen molar-refractivity contribution in [1.82, 2.24) is 4.90 Å². The molecule has 3 rings (SSSR count). The molecular formula is C17H19N3O2. The van der Waals surface area contributed by atoms with E-state index in [1.807, 2.05) is 42.5 Å². The average Bonchev–Trinajstić information content (AvgIpc) is 2.99. The first kappa shape index (κ1) is 14.3. The Hall–Kier alpha value is -2.69. The number of nitrogens with one attached hydrogen (secondary N) is 1. The van der Waals surface area contributed by atoms with Crippen LogP contribution in [0.5, 0.6) is 5.75 Å². The van der Waals surface area contributed by atoms with Crippen LogP contribution >= 0.6 is 0 Å². The van der Waals surface area contributed by atoms with Crippen LogP contribution in [0, 0.1) is 0 Å². The maximum Gasteiger partial charge on any atom is 0.415 e. The summed E-state index contributed by atoms with van der Waals surface area (Å²) in [5.41, 5.74) is 7.55. The van der Waals surface area contributed by atoms with Gasteiger partial charge in [-0.3, -0.25) is 0 Å². The van der Waals surface area contributed by atoms with Gasteiger partial charge in [0.1, 0.15) is 5.75 Å². The molecule has 22 heavy (non-hydrogen) atoms. The third-order valence-electron chi connectivity index (χ3n) is 3.72. The van der Waals surface area contributed by atoms with E-state index in [0.29, 0.717) is 24.5 Å². The molecule has 1 atom stereocenters. The van der Waals surface area contributed by atoms with Crippen LogP contribution in [0.25, 0.3) is 0 Å². The summed E-state index contributed by atoms with van der Waals surface area (Å²) in [5.74, 6) is 0.566. The highest BCUT2D eigenvalue weighted by molar-refractivity contribution is 5.71. The van der Waals surface area contributed by atoms with Gasteiger partial charge in [-0.15, -0.1) is 0 Å². The Balaban J connectivity index is 1.56. The number of ether oxygens (including phenoxy) is 1. The summed E-state index contributed by atoms with van der Waals surface area (Å²) in [6.07, 6.45) is 0.564. The van der Waals surface area contributed by atoms with Gasteiger partial charge in [0.25, 0.3) is 0 Å². The molecular weight excluding hydrogens is 278 g/mol. The second kappa shape index (κ2) is 6.39. The van der Waals surface area contributed by atoms with Gasteiger partial charge in [-0.2, -0.15) is 0 Å². The largest absolute Gasteiger partial charge is 0.415 e. The van der Waals surface area contributed by atoms with E-state index in [-0.39, 0.29) is 12.1 Å². The lowest BCUT2D eigenvalue weighted by Gasteiger charge is -2.18. The SMILES string of the molecule is Nc1ccccc1NC1CCN(C(=O)Oc2ccccc2)C1. The Kier molecular flexibility index (Phi) is 4.14. The molecule has 0 bridgehead atoms. The molecule has 1 aliphatic heterocycles. The Morgan fingerprint density at radius 1 is 1.14 bits per heavy atom. The monoisotopic (exact) mass is 297 g/mol. The molecule has 2 aromatic carbocycles. The molecule has 0 aromatic heterocycles. The fraction of sp³-hybridized carbons (Fsp3) is 0.235. The fourth-order valence-corrected chi connectivity index (χ4v) is 2.55. The van der Waals surface area contributed by atoms with E-state index in [0.717, 1.165) is 12.1 Å². The number of amides is 1. The zero-order chi connectivity index (χ0) is 15.4. The number of likely N-dealkylation sites (tertiary alicyclic amines) is 1. The number of nitrogens with two attached hydrogens (primary N) is 1. The Labute approximate surface area is 129 Å². The second-order valence-corrected chi connectivity index (χ2v) is 5.34. The normalized spacial score (nSPS) is 17.3. The van der Waals surface area contributed by atoms with Gasteiger partial charge in [-0.1, -0.05) is 30.3 Å². The van der Waals surface area contributed by atoms with Crippen molar-refractivity contribution in [3.63, 3.8) is 0 Å². The van der Waals surface area contributed by atoms with Crippen molar-refractivity contribution < 1.29 is 9.53 Å². The minimum atomic E-state index is -0.309. The lowest BCUT2D eigenvalue weighted by molar-refractivity contribution is 0.162. The number of carbonyl (C=O) groups excluding carboxylic acids is 1. The molecule has 0 spiro atoms. The van der Waals surface area contributed by atoms with Crippen molar-refractivity contribution >= 4 is 17.5 Å². The Morgan fingerprint density at radius 3 is 2.64 bits per heavy atom. The van der Waals surface area contributed by atoms with Crippen molar-refractivity contribution in [2.75, 3.05) is 24.1 Å². The number of hydrogen-bond donors (Lipinski definition) is 2. The number of nitrogen functional groups attached to an aromatic ring is 1. The molecule has 1 amide bonds. The quantitative estimate of drug-likeness (QED) is 0.855. The van der Waals surface area contributed by atoms with Crippen LogP contribution in [-0.4, -0.2) is 30.1 Å². The van der Waals surface area contributed by atoms with Crippen LogP contribution in [0.2, 0.25) is 0 Å². The summed E-state index contributed by atoms with van der Waals surface area (Å²) in [4.78, 5) is 13.8. The van der Waals surface area contributed by atoms with Gasteiger partial charge in [0.15, 0.2) is 0 Å². The lowest BCUT2D eigenvalue weighted by Crippen LogP contribution is -2.33. The molecule has 1 fully saturated rings. The smallest absolute Gasteiger partial charge is 0.410 e. The van der Waals surface area contributed by atoms with Gasteiger partial charge < -0.3 is 20.7 Å². The lowest BCUT2D eigenvalue weighted by atomic mass is 10.2. The number of carbonyl (C=O) groups is 1. The zero-order valence-corrected chi connectivity index (χ0v) is 12.2. The Bertz CT molecular complexity index is 645. The molecule has 5 heteroatoms. The summed E-state index contributed by atoms with van der Waals surface area (Å²) < 4.78 is 5.36. The first-order valence-corrected chi connectivity index (χ1v) is 7.35. The number of benzene rings is 2. The van der Waals surface area contributed by atoms with Crippen molar-refractivity contribution in [2.45, 2.75) is 12.5 Å². The molecule has 2 aromatic rings. The van der Waals surface area contributed by atoms with Gasteiger partial charge in [-0.05, 0) is 30.7 Å². The van der Waals surface area contributed by atoms with E-state index in [4.69, 9.17) is 10.5 Å². The minimum absolute atomic E-state index is 0.188. The van der Waals surface area contributed by atoms with Gasteiger partial charge in [0.05, 0.1) is 11.4 Å². The maximum absolute atomic E-state index is 12.1. The molecule has 1 aliphatic rings. The van der Waals surface area contributed by atoms with Crippen LogP contribution in [0.1, 0.15) is 6.42 Å². The number of nitrogens with zero attached hydrogens (tertiary/aromatic N) is 1. The molecule has 0 radical (unpaired) electrons. The highest BCUT2D eigenvalue weighted by Gasteiger charge is 2.27. The van der Waals surface area contributed by atoms with E-state index >= 15 is 0 Å². The van der Waals surface area contributed by atoms with Gasteiger partial charge in [0, 0.05) is 19.1 Å².